The fourth-order valence-electron chi connectivity index (χ4n) is 1.43. The Morgan fingerprint density at radius 1 is 1.45 bits per heavy atom. The number of nitrogens with zero attached hydrogens (tertiary/aromatic N) is 1. The summed E-state index contributed by atoms with van der Waals surface area (Å²) in [6.45, 7) is 0. The van der Waals surface area contributed by atoms with Crippen LogP contribution in [0.15, 0.2) is 36.6 Å². The van der Waals surface area contributed by atoms with Crippen LogP contribution in [0.1, 0.15) is 12.1 Å². The molecule has 1 heterocycles. The van der Waals surface area contributed by atoms with Crippen LogP contribution in [0.3, 0.4) is 0 Å². The van der Waals surface area contributed by atoms with Crippen LogP contribution in [0.5, 0.6) is 0 Å². The number of aryl methyl sites for hydroxylation is 1. The Kier molecular flexibility index (Phi) is 1.42. The Balaban J connectivity index is 2.37. The van der Waals surface area contributed by atoms with Crippen LogP contribution in [-0.4, -0.2) is 4.57 Å². The van der Waals surface area contributed by atoms with Crippen LogP contribution < -0.4 is 0 Å². The first-order valence-electron chi connectivity index (χ1n) is 3.85. The molecule has 0 amide bonds. The van der Waals surface area contributed by atoms with Crippen molar-refractivity contribution in [3.8, 4) is 0 Å². The van der Waals surface area contributed by atoms with E-state index in [2.05, 4.69) is 48.2 Å². The molecule has 0 aromatic carbocycles. The van der Waals surface area contributed by atoms with Crippen molar-refractivity contribution in [2.45, 2.75) is 6.42 Å². The van der Waals surface area contributed by atoms with Gasteiger partial charge >= 0.3 is 0 Å². The summed E-state index contributed by atoms with van der Waals surface area (Å²) in [6.07, 6.45) is 9.63. The van der Waals surface area contributed by atoms with Crippen molar-refractivity contribution in [2.75, 3.05) is 0 Å². The van der Waals surface area contributed by atoms with E-state index in [9.17, 15) is 0 Å². The van der Waals surface area contributed by atoms with E-state index in [-0.39, 0.29) is 0 Å². The van der Waals surface area contributed by atoms with Crippen molar-refractivity contribution >= 4 is 5.57 Å². The summed E-state index contributed by atoms with van der Waals surface area (Å²) in [6, 6.07) is 4.23. The van der Waals surface area contributed by atoms with Crippen molar-refractivity contribution in [3.63, 3.8) is 0 Å². The van der Waals surface area contributed by atoms with E-state index in [1.165, 1.54) is 11.3 Å². The van der Waals surface area contributed by atoms with E-state index in [0.29, 0.717) is 0 Å². The zero-order chi connectivity index (χ0) is 7.68. The first kappa shape index (κ1) is 6.47. The van der Waals surface area contributed by atoms with Crippen LogP contribution in [0, 0.1) is 0 Å². The van der Waals surface area contributed by atoms with Crippen LogP contribution in [-0.2, 0) is 7.05 Å². The van der Waals surface area contributed by atoms with Gasteiger partial charge in [0.05, 0.1) is 0 Å². The van der Waals surface area contributed by atoms with E-state index in [1.54, 1.807) is 0 Å². The molecule has 1 aromatic rings. The highest BCUT2D eigenvalue weighted by Crippen LogP contribution is 2.22. The Labute approximate surface area is 66.7 Å². The maximum atomic E-state index is 2.18. The number of aromatic nitrogens is 1. The molecule has 1 nitrogen and oxygen atoms in total. The standard InChI is InChI=1S/C10H11N/c1-11-8-4-7-10(11)9-5-2-3-6-9/h2-5,7-8H,6H2,1H3. The SMILES string of the molecule is Cn1cccc1C1=CC=CC1. The third-order valence-corrected chi connectivity index (χ3v) is 2.04. The molecule has 2 rings (SSSR count). The summed E-state index contributed by atoms with van der Waals surface area (Å²) >= 11 is 0. The minimum atomic E-state index is 1.08. The van der Waals surface area contributed by atoms with Gasteiger partial charge in [0.1, 0.15) is 0 Å². The Morgan fingerprint density at radius 2 is 2.36 bits per heavy atom. The molecule has 0 fully saturated rings. The Hall–Kier alpha value is -1.24. The summed E-state index contributed by atoms with van der Waals surface area (Å²) < 4.78 is 2.15. The molecule has 0 spiro atoms. The number of allylic oxidation sites excluding steroid dienone is 4. The van der Waals surface area contributed by atoms with Gasteiger partial charge in [0, 0.05) is 18.9 Å². The lowest BCUT2D eigenvalue weighted by Gasteiger charge is -2.02. The summed E-state index contributed by atoms with van der Waals surface area (Å²) in [7, 11) is 2.08. The van der Waals surface area contributed by atoms with Gasteiger partial charge in [0.25, 0.3) is 0 Å². The molecule has 0 atom stereocenters. The molecule has 1 aliphatic rings. The minimum absolute atomic E-state index is 1.08. The minimum Gasteiger partial charge on any atom is -0.351 e. The third-order valence-electron chi connectivity index (χ3n) is 2.04. The van der Waals surface area contributed by atoms with Gasteiger partial charge in [-0.05, 0) is 24.1 Å². The molecule has 0 aliphatic heterocycles. The molecule has 0 N–H and O–H groups in total. The van der Waals surface area contributed by atoms with Gasteiger partial charge in [0.2, 0.25) is 0 Å². The van der Waals surface area contributed by atoms with Crippen molar-refractivity contribution in [1.82, 2.24) is 4.57 Å². The molecule has 0 unspecified atom stereocenters. The maximum absolute atomic E-state index is 2.18. The molecular weight excluding hydrogens is 134 g/mol. The normalized spacial score (nSPS) is 15.5. The van der Waals surface area contributed by atoms with Crippen LogP contribution >= 0.6 is 0 Å². The maximum Gasteiger partial charge on any atom is 0.0439 e. The summed E-state index contributed by atoms with van der Waals surface area (Å²) in [5.74, 6) is 0. The predicted octanol–water partition coefficient (Wildman–Crippen LogP) is 2.37. The molecular formula is C10H11N. The number of hydrogen-bond donors (Lipinski definition) is 0. The lowest BCUT2D eigenvalue weighted by molar-refractivity contribution is 0.905. The van der Waals surface area contributed by atoms with Crippen molar-refractivity contribution in [2.24, 2.45) is 7.05 Å². The summed E-state index contributed by atoms with van der Waals surface area (Å²) in [5, 5.41) is 0. The molecule has 0 saturated heterocycles. The monoisotopic (exact) mass is 145 g/mol. The highest BCUT2D eigenvalue weighted by atomic mass is 14.9. The van der Waals surface area contributed by atoms with Crippen LogP contribution in [0.4, 0.5) is 0 Å². The van der Waals surface area contributed by atoms with Crippen molar-refractivity contribution in [1.29, 1.82) is 0 Å². The predicted molar refractivity (Wildman–Crippen MR) is 47.1 cm³/mol. The molecule has 1 heteroatoms. The molecule has 0 bridgehead atoms. The van der Waals surface area contributed by atoms with Gasteiger partial charge < -0.3 is 4.57 Å². The Bertz CT molecular complexity index is 315. The van der Waals surface area contributed by atoms with Crippen LogP contribution in [0.2, 0.25) is 0 Å². The highest BCUT2D eigenvalue weighted by molar-refractivity contribution is 5.68. The second-order valence-electron chi connectivity index (χ2n) is 2.83. The molecule has 0 radical (unpaired) electrons. The molecule has 56 valence electrons. The van der Waals surface area contributed by atoms with E-state index < -0.39 is 0 Å². The molecule has 0 saturated carbocycles. The van der Waals surface area contributed by atoms with Gasteiger partial charge in [-0.25, -0.2) is 0 Å². The zero-order valence-corrected chi connectivity index (χ0v) is 6.62. The lowest BCUT2D eigenvalue weighted by Crippen LogP contribution is -1.91. The van der Waals surface area contributed by atoms with E-state index >= 15 is 0 Å². The summed E-state index contributed by atoms with van der Waals surface area (Å²) in [5.41, 5.74) is 2.74. The first-order chi connectivity index (χ1) is 5.38. The van der Waals surface area contributed by atoms with Gasteiger partial charge in [-0.3, -0.25) is 0 Å². The lowest BCUT2D eigenvalue weighted by atomic mass is 10.2. The number of rotatable bonds is 1. The van der Waals surface area contributed by atoms with Gasteiger partial charge in [-0.15, -0.1) is 0 Å². The zero-order valence-electron chi connectivity index (χ0n) is 6.62. The van der Waals surface area contributed by atoms with Gasteiger partial charge in [-0.2, -0.15) is 0 Å². The van der Waals surface area contributed by atoms with E-state index in [4.69, 9.17) is 0 Å². The van der Waals surface area contributed by atoms with Crippen molar-refractivity contribution in [3.05, 3.63) is 42.3 Å². The average Bonchev–Trinajstić information content (AvgIpc) is 2.55. The molecule has 1 aromatic heterocycles. The fourth-order valence-corrected chi connectivity index (χ4v) is 1.43. The van der Waals surface area contributed by atoms with Crippen LogP contribution in [0.25, 0.3) is 5.57 Å². The van der Waals surface area contributed by atoms with Gasteiger partial charge in [0.15, 0.2) is 0 Å². The smallest absolute Gasteiger partial charge is 0.0439 e. The first-order valence-corrected chi connectivity index (χ1v) is 3.85. The Morgan fingerprint density at radius 3 is 2.91 bits per heavy atom. The molecule has 11 heavy (non-hydrogen) atoms. The summed E-state index contributed by atoms with van der Waals surface area (Å²) in [4.78, 5) is 0. The second-order valence-corrected chi connectivity index (χ2v) is 2.83. The van der Waals surface area contributed by atoms with E-state index in [1.807, 2.05) is 0 Å². The quantitative estimate of drug-likeness (QED) is 0.571. The average molecular weight is 145 g/mol. The second kappa shape index (κ2) is 2.42. The largest absolute Gasteiger partial charge is 0.351 e. The third kappa shape index (κ3) is 1.03. The molecule has 1 aliphatic carbocycles. The van der Waals surface area contributed by atoms with E-state index in [0.717, 1.165) is 6.42 Å². The number of hydrogen-bond acceptors (Lipinski definition) is 0. The fraction of sp³-hybridized carbons (Fsp3) is 0.200. The topological polar surface area (TPSA) is 4.93 Å². The van der Waals surface area contributed by atoms with Crippen molar-refractivity contribution < 1.29 is 0 Å². The highest BCUT2D eigenvalue weighted by Gasteiger charge is 2.04. The van der Waals surface area contributed by atoms with Gasteiger partial charge in [-0.1, -0.05) is 18.2 Å².